The summed E-state index contributed by atoms with van der Waals surface area (Å²) in [5.41, 5.74) is 5.55. The van der Waals surface area contributed by atoms with Crippen LogP contribution in [0.4, 0.5) is 5.69 Å². The molecule has 4 N–H and O–H groups in total. The van der Waals surface area contributed by atoms with Crippen molar-refractivity contribution in [2.75, 3.05) is 18.4 Å². The van der Waals surface area contributed by atoms with Crippen LogP contribution in [0.1, 0.15) is 6.92 Å². The summed E-state index contributed by atoms with van der Waals surface area (Å²) in [4.78, 5) is 21.9. The summed E-state index contributed by atoms with van der Waals surface area (Å²) >= 11 is 0. The molecule has 0 unspecified atom stereocenters. The molecule has 0 spiro atoms. The maximum atomic E-state index is 11.3. The van der Waals surface area contributed by atoms with Crippen molar-refractivity contribution < 1.29 is 9.59 Å². The monoisotopic (exact) mass is 225 g/mol. The zero-order valence-electron chi connectivity index (χ0n) is 9.06. The maximum absolute atomic E-state index is 11.3. The number of hydrogen-bond acceptors (Lipinski definition) is 4. The summed E-state index contributed by atoms with van der Waals surface area (Å²) in [6.45, 7) is 2.90. The van der Waals surface area contributed by atoms with Crippen molar-refractivity contribution in [1.82, 2.24) is 15.1 Å². The predicted molar refractivity (Wildman–Crippen MR) is 58.6 cm³/mol. The van der Waals surface area contributed by atoms with Gasteiger partial charge in [-0.15, -0.1) is 0 Å². The van der Waals surface area contributed by atoms with E-state index in [0.29, 0.717) is 5.69 Å². The van der Waals surface area contributed by atoms with Gasteiger partial charge in [0, 0.05) is 6.20 Å². The highest BCUT2D eigenvalue weighted by Crippen LogP contribution is 2.03. The summed E-state index contributed by atoms with van der Waals surface area (Å²) in [6.07, 6.45) is 3.02. The number of nitrogens with zero attached hydrogens (tertiary/aromatic N) is 2. The second-order valence-corrected chi connectivity index (χ2v) is 3.22. The number of anilines is 1. The van der Waals surface area contributed by atoms with Crippen molar-refractivity contribution in [3.8, 4) is 0 Å². The zero-order valence-corrected chi connectivity index (χ0v) is 9.06. The summed E-state index contributed by atoms with van der Waals surface area (Å²) in [5.74, 6) is -0.630. The van der Waals surface area contributed by atoms with Crippen LogP contribution in [0, 0.1) is 0 Å². The third kappa shape index (κ3) is 4.09. The average Bonchev–Trinajstić information content (AvgIpc) is 2.61. The van der Waals surface area contributed by atoms with E-state index in [1.165, 1.54) is 10.9 Å². The van der Waals surface area contributed by atoms with E-state index in [4.69, 9.17) is 5.73 Å². The first kappa shape index (κ1) is 12.2. The molecule has 0 aliphatic rings. The van der Waals surface area contributed by atoms with Crippen LogP contribution in [0.15, 0.2) is 12.4 Å². The number of nitrogens with two attached hydrogens (primary N) is 1. The minimum absolute atomic E-state index is 0.00306. The molecule has 0 saturated heterocycles. The summed E-state index contributed by atoms with van der Waals surface area (Å²) in [7, 11) is 0. The van der Waals surface area contributed by atoms with Gasteiger partial charge in [0.2, 0.25) is 11.8 Å². The lowest BCUT2D eigenvalue weighted by Crippen LogP contribution is -2.27. The molecule has 0 aromatic carbocycles. The van der Waals surface area contributed by atoms with Crippen LogP contribution < -0.4 is 16.4 Å². The lowest BCUT2D eigenvalue weighted by molar-refractivity contribution is -0.118. The van der Waals surface area contributed by atoms with Crippen LogP contribution in [-0.4, -0.2) is 34.7 Å². The Labute approximate surface area is 93.0 Å². The highest BCUT2D eigenvalue weighted by atomic mass is 16.2. The zero-order chi connectivity index (χ0) is 12.0. The Hall–Kier alpha value is -1.89. The van der Waals surface area contributed by atoms with E-state index in [1.54, 1.807) is 6.20 Å². The largest absolute Gasteiger partial charge is 0.368 e. The molecule has 2 amide bonds. The highest BCUT2D eigenvalue weighted by Gasteiger charge is 2.04. The lowest BCUT2D eigenvalue weighted by Gasteiger charge is -2.01. The van der Waals surface area contributed by atoms with E-state index in [2.05, 4.69) is 15.7 Å². The fourth-order valence-electron chi connectivity index (χ4n) is 1.12. The number of aromatic nitrogens is 2. The van der Waals surface area contributed by atoms with Crippen LogP contribution >= 0.6 is 0 Å². The number of amides is 2. The first-order chi connectivity index (χ1) is 7.61. The van der Waals surface area contributed by atoms with E-state index >= 15 is 0 Å². The van der Waals surface area contributed by atoms with Gasteiger partial charge in [0.15, 0.2) is 0 Å². The second-order valence-electron chi connectivity index (χ2n) is 3.22. The molecule has 7 heteroatoms. The van der Waals surface area contributed by atoms with Crippen LogP contribution in [0.5, 0.6) is 0 Å². The number of nitrogens with one attached hydrogen (secondary N) is 2. The third-order valence-corrected chi connectivity index (χ3v) is 1.77. The quantitative estimate of drug-likeness (QED) is 0.573. The first-order valence-corrected chi connectivity index (χ1v) is 4.93. The smallest absolute Gasteiger partial charge is 0.239 e. The van der Waals surface area contributed by atoms with Crippen LogP contribution in [0.25, 0.3) is 0 Å². The van der Waals surface area contributed by atoms with Crippen molar-refractivity contribution in [3.05, 3.63) is 12.4 Å². The minimum atomic E-state index is -0.478. The van der Waals surface area contributed by atoms with Crippen molar-refractivity contribution in [1.29, 1.82) is 0 Å². The number of primary amides is 1. The van der Waals surface area contributed by atoms with Crippen molar-refractivity contribution in [3.63, 3.8) is 0 Å². The maximum Gasteiger partial charge on any atom is 0.239 e. The Kier molecular flexibility index (Phi) is 4.46. The molecule has 7 nitrogen and oxygen atoms in total. The van der Waals surface area contributed by atoms with Gasteiger partial charge in [0.1, 0.15) is 6.54 Å². The van der Waals surface area contributed by atoms with Gasteiger partial charge in [-0.05, 0) is 6.54 Å². The van der Waals surface area contributed by atoms with Crippen LogP contribution in [0.3, 0.4) is 0 Å². The molecule has 0 aliphatic heterocycles. The molecule has 16 heavy (non-hydrogen) atoms. The fourth-order valence-corrected chi connectivity index (χ4v) is 1.12. The minimum Gasteiger partial charge on any atom is -0.368 e. The Morgan fingerprint density at radius 3 is 2.94 bits per heavy atom. The van der Waals surface area contributed by atoms with Gasteiger partial charge in [0.05, 0.1) is 18.4 Å². The van der Waals surface area contributed by atoms with Gasteiger partial charge in [-0.25, -0.2) is 0 Å². The Morgan fingerprint density at radius 2 is 2.31 bits per heavy atom. The van der Waals surface area contributed by atoms with Crippen LogP contribution in [0.2, 0.25) is 0 Å². The SMILES string of the molecule is CCNCC(=O)Nc1cnn(CC(N)=O)c1. The predicted octanol–water partition coefficient (Wildman–Crippen LogP) is -1.08. The first-order valence-electron chi connectivity index (χ1n) is 4.93. The molecule has 1 aromatic rings. The van der Waals surface area contributed by atoms with E-state index in [0.717, 1.165) is 6.54 Å². The Morgan fingerprint density at radius 1 is 1.56 bits per heavy atom. The molecule has 1 heterocycles. The standard InChI is InChI=1S/C9H15N5O2/c1-2-11-4-9(16)13-7-3-12-14(5-7)6-8(10)15/h3,5,11H,2,4,6H2,1H3,(H2,10,15)(H,13,16). The molecular formula is C9H15N5O2. The Bertz CT molecular complexity index is 374. The Balaban J connectivity index is 2.45. The molecular weight excluding hydrogens is 210 g/mol. The second kappa shape index (κ2) is 5.86. The average molecular weight is 225 g/mol. The molecule has 88 valence electrons. The highest BCUT2D eigenvalue weighted by molar-refractivity contribution is 5.91. The molecule has 0 fully saturated rings. The number of carbonyl (C=O) groups is 2. The molecule has 1 aromatic heterocycles. The third-order valence-electron chi connectivity index (χ3n) is 1.77. The van der Waals surface area contributed by atoms with E-state index in [1.807, 2.05) is 6.92 Å². The van der Waals surface area contributed by atoms with E-state index < -0.39 is 5.91 Å². The van der Waals surface area contributed by atoms with Gasteiger partial charge in [0.25, 0.3) is 0 Å². The number of rotatable bonds is 6. The molecule has 0 aliphatic carbocycles. The van der Waals surface area contributed by atoms with Gasteiger partial charge in [-0.2, -0.15) is 5.10 Å². The van der Waals surface area contributed by atoms with Crippen LogP contribution in [-0.2, 0) is 16.1 Å². The van der Waals surface area contributed by atoms with Gasteiger partial charge in [-0.1, -0.05) is 6.92 Å². The molecule has 0 bridgehead atoms. The van der Waals surface area contributed by atoms with Gasteiger partial charge >= 0.3 is 0 Å². The molecule has 1 rings (SSSR count). The molecule has 0 atom stereocenters. The normalized spacial score (nSPS) is 10.1. The van der Waals surface area contributed by atoms with Gasteiger partial charge in [-0.3, -0.25) is 14.3 Å². The van der Waals surface area contributed by atoms with Crippen molar-refractivity contribution >= 4 is 17.5 Å². The topological polar surface area (TPSA) is 102 Å². The molecule has 0 saturated carbocycles. The summed E-state index contributed by atoms with van der Waals surface area (Å²) in [6, 6.07) is 0. The van der Waals surface area contributed by atoms with E-state index in [9.17, 15) is 9.59 Å². The summed E-state index contributed by atoms with van der Waals surface area (Å²) in [5, 5.41) is 9.40. The summed E-state index contributed by atoms with van der Waals surface area (Å²) < 4.78 is 1.37. The number of likely N-dealkylation sites (N-methyl/N-ethyl adjacent to an activating group) is 1. The van der Waals surface area contributed by atoms with Crippen molar-refractivity contribution in [2.45, 2.75) is 13.5 Å². The van der Waals surface area contributed by atoms with Gasteiger partial charge < -0.3 is 16.4 Å². The lowest BCUT2D eigenvalue weighted by atomic mass is 10.5. The molecule has 0 radical (unpaired) electrons. The number of hydrogen-bond donors (Lipinski definition) is 3. The number of carbonyl (C=O) groups excluding carboxylic acids is 2. The van der Waals surface area contributed by atoms with E-state index in [-0.39, 0.29) is 19.0 Å². The fraction of sp³-hybridized carbons (Fsp3) is 0.444. The van der Waals surface area contributed by atoms with Crippen molar-refractivity contribution in [2.24, 2.45) is 5.73 Å².